The standard InChI is InChI=1S/C12H21N7/c1-17(2)6-4-7-18(3)12-11-14-5-8-19(11)9-10(15-12)16-13/h5,8-9,16H,4,6-7,13H2,1-3H3. The number of hydrogen-bond donors (Lipinski definition) is 2. The number of hydrogen-bond acceptors (Lipinski definition) is 6. The second kappa shape index (κ2) is 5.85. The lowest BCUT2D eigenvalue weighted by Gasteiger charge is -2.20. The Morgan fingerprint density at radius 1 is 1.32 bits per heavy atom. The van der Waals surface area contributed by atoms with Gasteiger partial charge in [-0.25, -0.2) is 15.8 Å². The Bertz CT molecular complexity index is 534. The van der Waals surface area contributed by atoms with Crippen LogP contribution in [0.4, 0.5) is 11.6 Å². The molecule has 0 aliphatic rings. The molecule has 7 nitrogen and oxygen atoms in total. The Kier molecular flexibility index (Phi) is 4.18. The van der Waals surface area contributed by atoms with Crippen LogP contribution in [0.5, 0.6) is 0 Å². The number of rotatable bonds is 6. The van der Waals surface area contributed by atoms with Crippen molar-refractivity contribution in [1.82, 2.24) is 19.3 Å². The van der Waals surface area contributed by atoms with E-state index in [1.54, 1.807) is 6.20 Å². The molecule has 2 aromatic heterocycles. The van der Waals surface area contributed by atoms with Crippen molar-refractivity contribution < 1.29 is 0 Å². The molecule has 0 amide bonds. The fourth-order valence-electron chi connectivity index (χ4n) is 1.97. The number of nitrogens with two attached hydrogens (primary N) is 1. The van der Waals surface area contributed by atoms with Gasteiger partial charge in [0.25, 0.3) is 0 Å². The minimum atomic E-state index is 0.625. The van der Waals surface area contributed by atoms with E-state index in [1.165, 1.54) is 0 Å². The van der Waals surface area contributed by atoms with E-state index < -0.39 is 0 Å². The van der Waals surface area contributed by atoms with E-state index >= 15 is 0 Å². The zero-order valence-electron chi connectivity index (χ0n) is 11.7. The number of imidazole rings is 1. The summed E-state index contributed by atoms with van der Waals surface area (Å²) in [5, 5.41) is 0. The molecule has 2 heterocycles. The number of aromatic nitrogens is 3. The largest absolute Gasteiger partial charge is 0.356 e. The fourth-order valence-corrected chi connectivity index (χ4v) is 1.97. The third kappa shape index (κ3) is 3.12. The Labute approximate surface area is 113 Å². The number of nitrogens with one attached hydrogen (secondary N) is 1. The smallest absolute Gasteiger partial charge is 0.180 e. The molecule has 0 atom stereocenters. The van der Waals surface area contributed by atoms with Crippen LogP contribution in [0.25, 0.3) is 5.65 Å². The van der Waals surface area contributed by atoms with Crippen LogP contribution < -0.4 is 16.2 Å². The quantitative estimate of drug-likeness (QED) is 0.580. The summed E-state index contributed by atoms with van der Waals surface area (Å²) >= 11 is 0. The summed E-state index contributed by atoms with van der Waals surface area (Å²) in [6.07, 6.45) is 6.53. The van der Waals surface area contributed by atoms with Crippen molar-refractivity contribution in [2.24, 2.45) is 5.84 Å². The zero-order chi connectivity index (χ0) is 13.8. The highest BCUT2D eigenvalue weighted by molar-refractivity contribution is 5.66. The van der Waals surface area contributed by atoms with Gasteiger partial charge in [0.1, 0.15) is 0 Å². The molecule has 0 fully saturated rings. The molecule has 0 spiro atoms. The first-order valence-electron chi connectivity index (χ1n) is 6.28. The van der Waals surface area contributed by atoms with Crippen LogP contribution in [-0.2, 0) is 0 Å². The van der Waals surface area contributed by atoms with Crippen molar-refractivity contribution >= 4 is 17.3 Å². The average molecular weight is 263 g/mol. The van der Waals surface area contributed by atoms with Gasteiger partial charge in [0.2, 0.25) is 0 Å². The molecule has 0 aromatic carbocycles. The van der Waals surface area contributed by atoms with Gasteiger partial charge < -0.3 is 19.6 Å². The monoisotopic (exact) mass is 263 g/mol. The predicted molar refractivity (Wildman–Crippen MR) is 77.2 cm³/mol. The maximum Gasteiger partial charge on any atom is 0.180 e. The van der Waals surface area contributed by atoms with Crippen LogP contribution in [0.3, 0.4) is 0 Å². The van der Waals surface area contributed by atoms with Crippen LogP contribution in [0, 0.1) is 0 Å². The van der Waals surface area contributed by atoms with Crippen LogP contribution in [-0.4, -0.2) is 53.5 Å². The van der Waals surface area contributed by atoms with Crippen molar-refractivity contribution in [3.05, 3.63) is 18.6 Å². The summed E-state index contributed by atoms with van der Waals surface area (Å²) in [7, 11) is 6.17. The summed E-state index contributed by atoms with van der Waals surface area (Å²) in [5.41, 5.74) is 3.42. The number of nitrogens with zero attached hydrogens (tertiary/aromatic N) is 5. The first-order chi connectivity index (χ1) is 9.11. The van der Waals surface area contributed by atoms with Gasteiger partial charge >= 0.3 is 0 Å². The maximum absolute atomic E-state index is 5.45. The third-order valence-electron chi connectivity index (χ3n) is 2.96. The average Bonchev–Trinajstić information content (AvgIpc) is 2.84. The van der Waals surface area contributed by atoms with Crippen LogP contribution in [0.15, 0.2) is 18.6 Å². The van der Waals surface area contributed by atoms with E-state index in [0.717, 1.165) is 31.0 Å². The second-order valence-corrected chi connectivity index (χ2v) is 4.83. The van der Waals surface area contributed by atoms with Crippen LogP contribution in [0.2, 0.25) is 0 Å². The van der Waals surface area contributed by atoms with Gasteiger partial charge in [-0.15, -0.1) is 0 Å². The molecule has 7 heteroatoms. The molecule has 2 aromatic rings. The van der Waals surface area contributed by atoms with Gasteiger partial charge in [0.05, 0.1) is 6.20 Å². The summed E-state index contributed by atoms with van der Waals surface area (Å²) in [6.45, 7) is 1.96. The lowest BCUT2D eigenvalue weighted by atomic mass is 10.3. The van der Waals surface area contributed by atoms with E-state index in [2.05, 4.69) is 39.3 Å². The van der Waals surface area contributed by atoms with E-state index in [0.29, 0.717) is 5.82 Å². The number of hydrazine groups is 1. The molecule has 0 aliphatic carbocycles. The Morgan fingerprint density at radius 2 is 2.11 bits per heavy atom. The maximum atomic E-state index is 5.45. The lowest BCUT2D eigenvalue weighted by Crippen LogP contribution is -2.25. The van der Waals surface area contributed by atoms with Crippen molar-refractivity contribution in [3.63, 3.8) is 0 Å². The van der Waals surface area contributed by atoms with Gasteiger partial charge in [-0.05, 0) is 27.1 Å². The number of nitrogen functional groups attached to an aromatic ring is 1. The molecule has 0 aliphatic heterocycles. The van der Waals surface area contributed by atoms with Gasteiger partial charge in [0, 0.05) is 26.0 Å². The third-order valence-corrected chi connectivity index (χ3v) is 2.96. The molecular formula is C12H21N7. The molecule has 0 saturated heterocycles. The van der Waals surface area contributed by atoms with Gasteiger partial charge in [-0.2, -0.15) is 0 Å². The Hall–Kier alpha value is -1.86. The minimum absolute atomic E-state index is 0.625. The topological polar surface area (TPSA) is 74.7 Å². The predicted octanol–water partition coefficient (Wildman–Crippen LogP) is 0.403. The summed E-state index contributed by atoms with van der Waals surface area (Å²) < 4.78 is 1.92. The number of fused-ring (bicyclic) bond motifs is 1. The molecule has 2 rings (SSSR count). The molecule has 0 saturated carbocycles. The highest BCUT2D eigenvalue weighted by Crippen LogP contribution is 2.19. The van der Waals surface area contributed by atoms with E-state index in [-0.39, 0.29) is 0 Å². The van der Waals surface area contributed by atoms with E-state index in [1.807, 2.05) is 23.8 Å². The second-order valence-electron chi connectivity index (χ2n) is 4.83. The van der Waals surface area contributed by atoms with Crippen molar-refractivity contribution in [3.8, 4) is 0 Å². The SMILES string of the molecule is CN(C)CCCN(C)c1nc(NN)cn2ccnc12. The van der Waals surface area contributed by atoms with Crippen LogP contribution in [0.1, 0.15) is 6.42 Å². The summed E-state index contributed by atoms with van der Waals surface area (Å²) in [5.74, 6) is 6.90. The highest BCUT2D eigenvalue weighted by atomic mass is 15.3. The molecular weight excluding hydrogens is 242 g/mol. The molecule has 0 unspecified atom stereocenters. The van der Waals surface area contributed by atoms with Crippen molar-refractivity contribution in [2.75, 3.05) is 44.6 Å². The molecule has 3 N–H and O–H groups in total. The number of anilines is 2. The van der Waals surface area contributed by atoms with Crippen molar-refractivity contribution in [2.45, 2.75) is 6.42 Å². The highest BCUT2D eigenvalue weighted by Gasteiger charge is 2.11. The molecule has 0 radical (unpaired) electrons. The minimum Gasteiger partial charge on any atom is -0.356 e. The molecule has 104 valence electrons. The van der Waals surface area contributed by atoms with E-state index in [9.17, 15) is 0 Å². The first-order valence-corrected chi connectivity index (χ1v) is 6.28. The van der Waals surface area contributed by atoms with Crippen molar-refractivity contribution in [1.29, 1.82) is 0 Å². The molecule has 0 bridgehead atoms. The zero-order valence-corrected chi connectivity index (χ0v) is 11.7. The van der Waals surface area contributed by atoms with Gasteiger partial charge in [0.15, 0.2) is 17.3 Å². The first kappa shape index (κ1) is 13.6. The summed E-state index contributed by atoms with van der Waals surface area (Å²) in [6, 6.07) is 0. The molecule has 19 heavy (non-hydrogen) atoms. The Morgan fingerprint density at radius 3 is 2.79 bits per heavy atom. The van der Waals surface area contributed by atoms with Gasteiger partial charge in [-0.1, -0.05) is 0 Å². The summed E-state index contributed by atoms with van der Waals surface area (Å²) in [4.78, 5) is 13.1. The normalized spacial score (nSPS) is 11.2. The lowest BCUT2D eigenvalue weighted by molar-refractivity contribution is 0.401. The van der Waals surface area contributed by atoms with E-state index in [4.69, 9.17) is 5.84 Å². The van der Waals surface area contributed by atoms with Gasteiger partial charge in [-0.3, -0.25) is 0 Å². The fraction of sp³-hybridized carbons (Fsp3) is 0.500. The van der Waals surface area contributed by atoms with Crippen LogP contribution >= 0.6 is 0 Å². The Balaban J connectivity index is 2.19.